The van der Waals surface area contributed by atoms with Gasteiger partial charge in [-0.3, -0.25) is 19.3 Å². The molecule has 0 aliphatic carbocycles. The molecule has 2 saturated heterocycles. The van der Waals surface area contributed by atoms with E-state index in [0.717, 1.165) is 17.7 Å². The molecule has 0 bridgehead atoms. The highest BCUT2D eigenvalue weighted by Crippen LogP contribution is 2.28. The average Bonchev–Trinajstić information content (AvgIpc) is 2.91. The fraction of sp³-hybridized carbons (Fsp3) is 0.500. The van der Waals surface area contributed by atoms with Crippen molar-refractivity contribution in [2.45, 2.75) is 32.2 Å². The number of nitrogens with zero attached hydrogens (tertiary/aromatic N) is 2. The molecule has 1 aromatic carbocycles. The molecular formula is C20H25N3O5. The summed E-state index contributed by atoms with van der Waals surface area (Å²) < 4.78 is 5.02. The van der Waals surface area contributed by atoms with Crippen LogP contribution in [0.15, 0.2) is 30.3 Å². The number of hydrogen-bond donors (Lipinski definition) is 1. The van der Waals surface area contributed by atoms with Crippen molar-refractivity contribution in [3.8, 4) is 0 Å². The molecule has 8 heteroatoms. The van der Waals surface area contributed by atoms with Crippen LogP contribution in [0.5, 0.6) is 0 Å². The number of imide groups is 1. The summed E-state index contributed by atoms with van der Waals surface area (Å²) in [6.07, 6.45) is 2.01. The molecular weight excluding hydrogens is 362 g/mol. The molecule has 0 saturated carbocycles. The second-order valence-electron chi connectivity index (χ2n) is 7.56. The zero-order valence-corrected chi connectivity index (χ0v) is 16.1. The number of piperidine rings is 1. The Morgan fingerprint density at radius 1 is 1.25 bits per heavy atom. The van der Waals surface area contributed by atoms with Gasteiger partial charge < -0.3 is 15.0 Å². The largest absolute Gasteiger partial charge is 0.454 e. The molecule has 0 radical (unpaired) electrons. The van der Waals surface area contributed by atoms with E-state index in [1.165, 1.54) is 0 Å². The van der Waals surface area contributed by atoms with Crippen LogP contribution in [0.3, 0.4) is 0 Å². The number of urea groups is 1. The van der Waals surface area contributed by atoms with Crippen LogP contribution in [0.25, 0.3) is 0 Å². The van der Waals surface area contributed by atoms with E-state index in [0.29, 0.717) is 24.6 Å². The molecule has 150 valence electrons. The minimum absolute atomic E-state index is 0.258. The van der Waals surface area contributed by atoms with Crippen LogP contribution in [0, 0.1) is 5.92 Å². The van der Waals surface area contributed by atoms with Crippen LogP contribution in [0.4, 0.5) is 4.79 Å². The Bertz CT molecular complexity index is 781. The van der Waals surface area contributed by atoms with Gasteiger partial charge in [-0.05, 0) is 31.2 Å². The highest BCUT2D eigenvalue weighted by molar-refractivity contribution is 6.08. The van der Waals surface area contributed by atoms with Gasteiger partial charge in [0.15, 0.2) is 6.61 Å². The van der Waals surface area contributed by atoms with E-state index in [1.807, 2.05) is 6.07 Å². The number of hydrogen-bond acceptors (Lipinski definition) is 5. The molecule has 8 nitrogen and oxygen atoms in total. The third-order valence-corrected chi connectivity index (χ3v) is 5.28. The highest BCUT2D eigenvalue weighted by Gasteiger charge is 2.49. The summed E-state index contributed by atoms with van der Waals surface area (Å²) in [6, 6.07) is 8.15. The van der Waals surface area contributed by atoms with Crippen molar-refractivity contribution < 1.29 is 23.9 Å². The maximum Gasteiger partial charge on any atom is 0.326 e. The van der Waals surface area contributed by atoms with Gasteiger partial charge in [0.1, 0.15) is 12.1 Å². The normalized spacial score (nSPS) is 24.9. The molecule has 0 unspecified atom stereocenters. The Morgan fingerprint density at radius 2 is 1.96 bits per heavy atom. The van der Waals surface area contributed by atoms with Crippen molar-refractivity contribution in [1.82, 2.24) is 15.1 Å². The first-order valence-corrected chi connectivity index (χ1v) is 9.44. The third kappa shape index (κ3) is 4.00. The summed E-state index contributed by atoms with van der Waals surface area (Å²) in [6.45, 7) is 4.06. The summed E-state index contributed by atoms with van der Waals surface area (Å²) in [4.78, 5) is 51.8. The Labute approximate surface area is 163 Å². The zero-order chi connectivity index (χ0) is 20.3. The van der Waals surface area contributed by atoms with Gasteiger partial charge in [-0.25, -0.2) is 4.79 Å². The highest BCUT2D eigenvalue weighted by atomic mass is 16.5. The molecule has 2 atom stereocenters. The molecule has 2 aliphatic heterocycles. The lowest BCUT2D eigenvalue weighted by Crippen LogP contribution is -2.43. The van der Waals surface area contributed by atoms with E-state index in [-0.39, 0.29) is 12.5 Å². The molecule has 1 N–H and O–H groups in total. The summed E-state index contributed by atoms with van der Waals surface area (Å²) in [5.41, 5.74) is -0.614. The van der Waals surface area contributed by atoms with Crippen LogP contribution >= 0.6 is 0 Å². The average molecular weight is 387 g/mol. The fourth-order valence-electron chi connectivity index (χ4n) is 3.63. The Hall–Kier alpha value is -2.90. The molecule has 0 spiro atoms. The van der Waals surface area contributed by atoms with Gasteiger partial charge in [0.2, 0.25) is 0 Å². The molecule has 2 aliphatic rings. The predicted molar refractivity (Wildman–Crippen MR) is 100.0 cm³/mol. The first-order chi connectivity index (χ1) is 13.3. The van der Waals surface area contributed by atoms with Crippen LogP contribution in [-0.4, -0.2) is 59.9 Å². The Morgan fingerprint density at radius 3 is 2.64 bits per heavy atom. The van der Waals surface area contributed by atoms with Gasteiger partial charge in [0, 0.05) is 13.1 Å². The second-order valence-corrected chi connectivity index (χ2v) is 7.56. The summed E-state index contributed by atoms with van der Waals surface area (Å²) in [5.74, 6) is -1.16. The summed E-state index contributed by atoms with van der Waals surface area (Å²) in [7, 11) is 0. The monoisotopic (exact) mass is 387 g/mol. The van der Waals surface area contributed by atoms with E-state index < -0.39 is 30.0 Å². The first kappa shape index (κ1) is 19.9. The SMILES string of the molecule is C[C@H]1CCCN(C(=O)COC(=O)CN2C(=O)N[C@](C)(c3ccccc3)C2=O)C1. The second kappa shape index (κ2) is 8.00. The number of amides is 4. The van der Waals surface area contributed by atoms with E-state index in [2.05, 4.69) is 12.2 Å². The Balaban J connectivity index is 1.56. The predicted octanol–water partition coefficient (Wildman–Crippen LogP) is 1.26. The van der Waals surface area contributed by atoms with E-state index in [4.69, 9.17) is 4.74 Å². The zero-order valence-electron chi connectivity index (χ0n) is 16.1. The van der Waals surface area contributed by atoms with E-state index in [9.17, 15) is 19.2 Å². The number of benzene rings is 1. The van der Waals surface area contributed by atoms with Crippen molar-refractivity contribution in [3.63, 3.8) is 0 Å². The minimum atomic E-state index is -1.24. The Kier molecular flexibility index (Phi) is 5.67. The molecule has 1 aromatic rings. The smallest absolute Gasteiger partial charge is 0.326 e. The van der Waals surface area contributed by atoms with Crippen molar-refractivity contribution >= 4 is 23.8 Å². The van der Waals surface area contributed by atoms with E-state index in [1.54, 1.807) is 36.1 Å². The standard InChI is InChI=1S/C20H25N3O5/c1-14-7-6-10-22(11-14)16(24)13-28-17(25)12-23-18(26)20(2,21-19(23)27)15-8-4-3-5-9-15/h3-5,8-9,14H,6-7,10-13H2,1-2H3,(H,21,27)/t14-,20+/m0/s1. The van der Waals surface area contributed by atoms with E-state index >= 15 is 0 Å². The fourth-order valence-corrected chi connectivity index (χ4v) is 3.63. The maximum atomic E-state index is 12.8. The van der Waals surface area contributed by atoms with Gasteiger partial charge in [-0.1, -0.05) is 37.3 Å². The van der Waals surface area contributed by atoms with Gasteiger partial charge in [0.05, 0.1) is 0 Å². The summed E-state index contributed by atoms with van der Waals surface area (Å²) in [5, 5.41) is 2.63. The molecule has 2 fully saturated rings. The van der Waals surface area contributed by atoms with Crippen LogP contribution < -0.4 is 5.32 Å². The van der Waals surface area contributed by atoms with Crippen molar-refractivity contribution in [2.75, 3.05) is 26.2 Å². The number of ether oxygens (including phenoxy) is 1. The lowest BCUT2D eigenvalue weighted by atomic mass is 9.92. The van der Waals surface area contributed by atoms with Crippen molar-refractivity contribution in [1.29, 1.82) is 0 Å². The maximum absolute atomic E-state index is 12.8. The van der Waals surface area contributed by atoms with Crippen LogP contribution in [0.2, 0.25) is 0 Å². The number of likely N-dealkylation sites (tertiary alicyclic amines) is 1. The molecule has 3 rings (SSSR count). The lowest BCUT2D eigenvalue weighted by molar-refractivity contribution is -0.154. The molecule has 2 heterocycles. The van der Waals surface area contributed by atoms with Crippen molar-refractivity contribution in [2.24, 2.45) is 5.92 Å². The minimum Gasteiger partial charge on any atom is -0.454 e. The molecule has 28 heavy (non-hydrogen) atoms. The van der Waals surface area contributed by atoms with Gasteiger partial charge >= 0.3 is 12.0 Å². The number of nitrogens with one attached hydrogen (secondary N) is 1. The number of carbonyl (C=O) groups excluding carboxylic acids is 4. The number of rotatable bonds is 5. The van der Waals surface area contributed by atoms with Crippen molar-refractivity contribution in [3.05, 3.63) is 35.9 Å². The first-order valence-electron chi connectivity index (χ1n) is 9.44. The third-order valence-electron chi connectivity index (χ3n) is 5.28. The van der Waals surface area contributed by atoms with Gasteiger partial charge in [-0.2, -0.15) is 0 Å². The van der Waals surface area contributed by atoms with Gasteiger partial charge in [-0.15, -0.1) is 0 Å². The van der Waals surface area contributed by atoms with Gasteiger partial charge in [0.25, 0.3) is 11.8 Å². The molecule has 4 amide bonds. The number of carbonyl (C=O) groups is 4. The lowest BCUT2D eigenvalue weighted by Gasteiger charge is -2.30. The summed E-state index contributed by atoms with van der Waals surface area (Å²) >= 11 is 0. The van der Waals surface area contributed by atoms with Crippen LogP contribution in [-0.2, 0) is 24.7 Å². The van der Waals surface area contributed by atoms with Crippen LogP contribution in [0.1, 0.15) is 32.3 Å². The quantitative estimate of drug-likeness (QED) is 0.606. The topological polar surface area (TPSA) is 96.0 Å². The number of esters is 1. The molecule has 0 aromatic heterocycles.